The number of carbonyl (C=O) groups is 1. The number of nitrogens with one attached hydrogen (secondary N) is 1. The van der Waals surface area contributed by atoms with Gasteiger partial charge in [0.1, 0.15) is 5.82 Å². The molecular formula is C11H8FN3O3S. The van der Waals surface area contributed by atoms with E-state index >= 15 is 0 Å². The van der Waals surface area contributed by atoms with E-state index < -0.39 is 16.6 Å². The molecular weight excluding hydrogens is 273 g/mol. The molecule has 0 aliphatic heterocycles. The lowest BCUT2D eigenvalue weighted by atomic mass is 10.2. The molecule has 0 saturated carbocycles. The van der Waals surface area contributed by atoms with Crippen molar-refractivity contribution < 1.29 is 14.1 Å². The molecule has 0 saturated heterocycles. The second-order valence-corrected chi connectivity index (χ2v) is 4.53. The summed E-state index contributed by atoms with van der Waals surface area (Å²) in [6.07, 6.45) is 0. The molecule has 0 radical (unpaired) electrons. The normalized spacial score (nSPS) is 10.2. The summed E-state index contributed by atoms with van der Waals surface area (Å²) in [5.41, 5.74) is -0.0104. The summed E-state index contributed by atoms with van der Waals surface area (Å²) in [5.74, 6) is -1.59. The van der Waals surface area contributed by atoms with Gasteiger partial charge in [-0.2, -0.15) is 0 Å². The van der Waals surface area contributed by atoms with Gasteiger partial charge < -0.3 is 0 Å². The first kappa shape index (κ1) is 13.1. The van der Waals surface area contributed by atoms with Crippen LogP contribution in [0.4, 0.5) is 15.2 Å². The first-order chi connectivity index (χ1) is 8.97. The Kier molecular flexibility index (Phi) is 3.52. The second kappa shape index (κ2) is 5.11. The lowest BCUT2D eigenvalue weighted by Crippen LogP contribution is -2.14. The molecule has 6 nitrogen and oxygen atoms in total. The van der Waals surface area contributed by atoms with Gasteiger partial charge in [0.25, 0.3) is 11.6 Å². The number of aromatic nitrogens is 1. The first-order valence-electron chi connectivity index (χ1n) is 5.15. The number of amides is 1. The highest BCUT2D eigenvalue weighted by Crippen LogP contribution is 2.20. The largest absolute Gasteiger partial charge is 0.298 e. The maximum atomic E-state index is 13.5. The summed E-state index contributed by atoms with van der Waals surface area (Å²) in [4.78, 5) is 25.7. The maximum Gasteiger partial charge on any atom is 0.270 e. The standard InChI is InChI=1S/C11H8FN3O3S/c1-6-5-19-11(13-6)14-10(16)8-4-7(15(17)18)2-3-9(8)12/h2-5H,1H3,(H,13,14,16). The molecule has 0 spiro atoms. The number of rotatable bonds is 3. The summed E-state index contributed by atoms with van der Waals surface area (Å²) in [6.45, 7) is 1.75. The molecule has 0 unspecified atom stereocenters. The molecule has 1 aromatic carbocycles. The Balaban J connectivity index is 2.27. The fourth-order valence-corrected chi connectivity index (χ4v) is 2.06. The number of hydrogen-bond donors (Lipinski definition) is 1. The number of nitro benzene ring substituents is 1. The predicted octanol–water partition coefficient (Wildman–Crippen LogP) is 2.75. The van der Waals surface area contributed by atoms with Gasteiger partial charge in [-0.1, -0.05) is 0 Å². The highest BCUT2D eigenvalue weighted by molar-refractivity contribution is 7.13. The number of anilines is 1. The number of nitrogens with zero attached hydrogens (tertiary/aromatic N) is 2. The van der Waals surface area contributed by atoms with Crippen LogP contribution in [0, 0.1) is 22.9 Å². The van der Waals surface area contributed by atoms with Gasteiger partial charge in [0.2, 0.25) is 0 Å². The topological polar surface area (TPSA) is 85.1 Å². The van der Waals surface area contributed by atoms with E-state index in [0.29, 0.717) is 5.13 Å². The summed E-state index contributed by atoms with van der Waals surface area (Å²) >= 11 is 1.19. The molecule has 0 fully saturated rings. The van der Waals surface area contributed by atoms with Crippen LogP contribution in [0.1, 0.15) is 16.1 Å². The highest BCUT2D eigenvalue weighted by atomic mass is 32.1. The summed E-state index contributed by atoms with van der Waals surface area (Å²) in [5, 5.41) is 15.0. The van der Waals surface area contributed by atoms with Gasteiger partial charge in [-0.25, -0.2) is 9.37 Å². The van der Waals surface area contributed by atoms with Crippen molar-refractivity contribution in [3.63, 3.8) is 0 Å². The molecule has 0 bridgehead atoms. The maximum absolute atomic E-state index is 13.5. The third-order valence-corrected chi connectivity index (χ3v) is 3.12. The number of halogens is 1. The number of carbonyl (C=O) groups excluding carboxylic acids is 1. The van der Waals surface area contributed by atoms with E-state index in [2.05, 4.69) is 10.3 Å². The summed E-state index contributed by atoms with van der Waals surface area (Å²) in [6, 6.07) is 2.78. The zero-order valence-electron chi connectivity index (χ0n) is 9.71. The smallest absolute Gasteiger partial charge is 0.270 e. The molecule has 0 atom stereocenters. The van der Waals surface area contributed by atoms with Crippen LogP contribution in [-0.4, -0.2) is 15.8 Å². The van der Waals surface area contributed by atoms with Gasteiger partial charge >= 0.3 is 0 Å². The molecule has 0 aliphatic rings. The van der Waals surface area contributed by atoms with Gasteiger partial charge in [0, 0.05) is 17.5 Å². The van der Waals surface area contributed by atoms with E-state index in [9.17, 15) is 19.3 Å². The Morgan fingerprint density at radius 1 is 1.53 bits per heavy atom. The third-order valence-electron chi connectivity index (χ3n) is 2.24. The van der Waals surface area contributed by atoms with Crippen molar-refractivity contribution in [2.24, 2.45) is 0 Å². The van der Waals surface area contributed by atoms with Gasteiger partial charge in [0.15, 0.2) is 5.13 Å². The Morgan fingerprint density at radius 2 is 2.26 bits per heavy atom. The van der Waals surface area contributed by atoms with Crippen LogP contribution in [0.25, 0.3) is 0 Å². The van der Waals surface area contributed by atoms with Crippen molar-refractivity contribution in [2.75, 3.05) is 5.32 Å². The summed E-state index contributed by atoms with van der Waals surface area (Å²) < 4.78 is 13.5. The van der Waals surface area contributed by atoms with Gasteiger partial charge in [-0.05, 0) is 13.0 Å². The monoisotopic (exact) mass is 281 g/mol. The Labute approximate surface area is 111 Å². The van der Waals surface area contributed by atoms with Crippen molar-refractivity contribution in [1.29, 1.82) is 0 Å². The molecule has 0 aliphatic carbocycles. The van der Waals surface area contributed by atoms with E-state index in [-0.39, 0.29) is 11.3 Å². The van der Waals surface area contributed by atoms with E-state index in [0.717, 1.165) is 23.9 Å². The van der Waals surface area contributed by atoms with Crippen LogP contribution >= 0.6 is 11.3 Å². The van der Waals surface area contributed by atoms with E-state index in [1.165, 1.54) is 11.3 Å². The highest BCUT2D eigenvalue weighted by Gasteiger charge is 2.17. The molecule has 8 heteroatoms. The lowest BCUT2D eigenvalue weighted by Gasteiger charge is -2.03. The minimum Gasteiger partial charge on any atom is -0.298 e. The zero-order chi connectivity index (χ0) is 14.0. The van der Waals surface area contributed by atoms with Crippen LogP contribution in [0.3, 0.4) is 0 Å². The van der Waals surface area contributed by atoms with Gasteiger partial charge in [-0.3, -0.25) is 20.2 Å². The molecule has 98 valence electrons. The number of benzene rings is 1. The average molecular weight is 281 g/mol. The molecule has 2 aromatic rings. The quantitative estimate of drug-likeness (QED) is 0.692. The fraction of sp³-hybridized carbons (Fsp3) is 0.0909. The van der Waals surface area contributed by atoms with Crippen LogP contribution in [-0.2, 0) is 0 Å². The van der Waals surface area contributed by atoms with Crippen LogP contribution in [0.15, 0.2) is 23.6 Å². The fourth-order valence-electron chi connectivity index (χ4n) is 1.38. The number of thiazole rings is 1. The third kappa shape index (κ3) is 2.91. The van der Waals surface area contributed by atoms with Crippen molar-refractivity contribution >= 4 is 28.1 Å². The number of aryl methyl sites for hydroxylation is 1. The van der Waals surface area contributed by atoms with Crippen molar-refractivity contribution in [1.82, 2.24) is 4.98 Å². The van der Waals surface area contributed by atoms with E-state index in [1.807, 2.05) is 0 Å². The van der Waals surface area contributed by atoms with E-state index in [1.54, 1.807) is 12.3 Å². The predicted molar refractivity (Wildman–Crippen MR) is 67.9 cm³/mol. The first-order valence-corrected chi connectivity index (χ1v) is 6.03. The van der Waals surface area contributed by atoms with Gasteiger partial charge in [0.05, 0.1) is 16.2 Å². The van der Waals surface area contributed by atoms with Crippen molar-refractivity contribution in [3.8, 4) is 0 Å². The lowest BCUT2D eigenvalue weighted by molar-refractivity contribution is -0.384. The molecule has 1 aromatic heterocycles. The molecule has 1 heterocycles. The summed E-state index contributed by atoms with van der Waals surface area (Å²) in [7, 11) is 0. The minimum absolute atomic E-state index is 0.313. The Bertz CT molecular complexity index is 656. The van der Waals surface area contributed by atoms with Crippen LogP contribution < -0.4 is 5.32 Å². The second-order valence-electron chi connectivity index (χ2n) is 3.67. The Morgan fingerprint density at radius 3 is 2.84 bits per heavy atom. The molecule has 1 N–H and O–H groups in total. The van der Waals surface area contributed by atoms with Crippen molar-refractivity contribution in [2.45, 2.75) is 6.92 Å². The van der Waals surface area contributed by atoms with Gasteiger partial charge in [-0.15, -0.1) is 11.3 Å². The molecule has 1 amide bonds. The Hall–Kier alpha value is -2.35. The number of hydrogen-bond acceptors (Lipinski definition) is 5. The SMILES string of the molecule is Cc1csc(NC(=O)c2cc([N+](=O)[O-])ccc2F)n1. The van der Waals surface area contributed by atoms with Crippen LogP contribution in [0.2, 0.25) is 0 Å². The number of non-ortho nitro benzene ring substituents is 1. The molecule has 19 heavy (non-hydrogen) atoms. The zero-order valence-corrected chi connectivity index (χ0v) is 10.5. The minimum atomic E-state index is -0.823. The van der Waals surface area contributed by atoms with Crippen molar-refractivity contribution in [3.05, 3.63) is 50.8 Å². The number of nitro groups is 1. The molecule has 2 rings (SSSR count). The average Bonchev–Trinajstić information content (AvgIpc) is 2.74. The van der Waals surface area contributed by atoms with E-state index in [4.69, 9.17) is 0 Å². The van der Waals surface area contributed by atoms with Crippen LogP contribution in [0.5, 0.6) is 0 Å².